The average molecular weight is 365 g/mol. The third-order valence-electron chi connectivity index (χ3n) is 3.90. The number of ketones is 1. The van der Waals surface area contributed by atoms with Gasteiger partial charge in [-0.3, -0.25) is 9.69 Å². The Hall–Kier alpha value is -2.52. The molecule has 1 aliphatic heterocycles. The molecule has 25 heavy (non-hydrogen) atoms. The van der Waals surface area contributed by atoms with Crippen molar-refractivity contribution in [1.82, 2.24) is 29.6 Å². The van der Waals surface area contributed by atoms with Gasteiger partial charge in [0.05, 0.1) is 12.2 Å². The summed E-state index contributed by atoms with van der Waals surface area (Å²) in [6.07, 6.45) is 0. The molecule has 0 saturated carbocycles. The minimum atomic E-state index is -0.654. The summed E-state index contributed by atoms with van der Waals surface area (Å²) in [5.74, 6) is 0.0838. The van der Waals surface area contributed by atoms with Crippen LogP contribution >= 0.6 is 11.6 Å². The van der Waals surface area contributed by atoms with Gasteiger partial charge in [-0.2, -0.15) is 4.68 Å². The summed E-state index contributed by atoms with van der Waals surface area (Å²) in [6.45, 7) is 3.88. The van der Waals surface area contributed by atoms with Crippen LogP contribution in [0.3, 0.4) is 0 Å². The SMILES string of the molecule is CC(=O)CN1CCN(C(=O)n2nnn(-c3cccc(Cl)c3)c2=O)CC1. The zero-order valence-electron chi connectivity index (χ0n) is 13.6. The lowest BCUT2D eigenvalue weighted by atomic mass is 10.3. The van der Waals surface area contributed by atoms with Gasteiger partial charge in [0.25, 0.3) is 0 Å². The molecule has 1 fully saturated rings. The molecule has 0 spiro atoms. The molecule has 0 aliphatic carbocycles. The topological polar surface area (TPSA) is 93.3 Å². The molecular weight excluding hydrogens is 348 g/mol. The van der Waals surface area contributed by atoms with Crippen LogP contribution in [0.2, 0.25) is 5.02 Å². The predicted molar refractivity (Wildman–Crippen MR) is 90.1 cm³/mol. The molecule has 2 aromatic rings. The zero-order chi connectivity index (χ0) is 18.0. The maximum absolute atomic E-state index is 12.5. The number of carbonyl (C=O) groups excluding carboxylic acids is 2. The summed E-state index contributed by atoms with van der Waals surface area (Å²) in [4.78, 5) is 39.6. The van der Waals surface area contributed by atoms with Crippen LogP contribution in [0.1, 0.15) is 6.92 Å². The minimum absolute atomic E-state index is 0.0838. The Bertz CT molecular complexity index is 853. The number of halogens is 1. The van der Waals surface area contributed by atoms with Crippen molar-refractivity contribution in [2.45, 2.75) is 6.92 Å². The van der Waals surface area contributed by atoms with Crippen LogP contribution in [0.4, 0.5) is 4.79 Å². The summed E-state index contributed by atoms with van der Waals surface area (Å²) in [6, 6.07) is 6.04. The van der Waals surface area contributed by atoms with Gasteiger partial charge in [-0.1, -0.05) is 17.7 Å². The van der Waals surface area contributed by atoms with Crippen LogP contribution in [-0.2, 0) is 4.79 Å². The van der Waals surface area contributed by atoms with Gasteiger partial charge in [0.15, 0.2) is 0 Å². The van der Waals surface area contributed by atoms with Gasteiger partial charge in [0.1, 0.15) is 5.78 Å². The number of aromatic nitrogens is 4. The monoisotopic (exact) mass is 364 g/mol. The van der Waals surface area contributed by atoms with E-state index < -0.39 is 11.7 Å². The van der Waals surface area contributed by atoms with E-state index in [9.17, 15) is 14.4 Å². The first-order valence-electron chi connectivity index (χ1n) is 7.78. The van der Waals surface area contributed by atoms with Crippen molar-refractivity contribution in [3.63, 3.8) is 0 Å². The smallest absolute Gasteiger partial charge is 0.320 e. The Kier molecular flexibility index (Phi) is 4.95. The summed E-state index contributed by atoms with van der Waals surface area (Å²) >= 11 is 5.91. The highest BCUT2D eigenvalue weighted by Gasteiger charge is 2.25. The molecule has 3 rings (SSSR count). The highest BCUT2D eigenvalue weighted by Crippen LogP contribution is 2.12. The van der Waals surface area contributed by atoms with Crippen LogP contribution in [0, 0.1) is 0 Å². The maximum atomic E-state index is 12.5. The van der Waals surface area contributed by atoms with E-state index in [4.69, 9.17) is 11.6 Å². The molecule has 10 heteroatoms. The summed E-state index contributed by atoms with van der Waals surface area (Å²) in [7, 11) is 0. The van der Waals surface area contributed by atoms with E-state index in [1.807, 2.05) is 4.90 Å². The minimum Gasteiger partial charge on any atom is -0.320 e. The van der Waals surface area contributed by atoms with Crippen molar-refractivity contribution in [2.75, 3.05) is 32.7 Å². The molecule has 0 atom stereocenters. The fraction of sp³-hybridized carbons (Fsp3) is 0.400. The van der Waals surface area contributed by atoms with Gasteiger partial charge in [0.2, 0.25) is 0 Å². The largest absolute Gasteiger partial charge is 0.377 e. The molecule has 1 aromatic carbocycles. The first-order chi connectivity index (χ1) is 12.0. The Morgan fingerprint density at radius 2 is 1.88 bits per heavy atom. The Labute approximate surface area is 148 Å². The van der Waals surface area contributed by atoms with Gasteiger partial charge in [-0.15, -0.1) is 4.68 Å². The molecule has 1 amide bonds. The van der Waals surface area contributed by atoms with E-state index in [2.05, 4.69) is 10.4 Å². The number of Topliss-reactive ketones (excluding diaryl/α,β-unsaturated/α-hetero) is 1. The molecule has 132 valence electrons. The molecule has 0 N–H and O–H groups in total. The Morgan fingerprint density at radius 3 is 2.52 bits per heavy atom. The second-order valence-corrected chi connectivity index (χ2v) is 6.25. The van der Waals surface area contributed by atoms with Crippen molar-refractivity contribution in [3.8, 4) is 5.69 Å². The molecule has 0 unspecified atom stereocenters. The highest BCUT2D eigenvalue weighted by molar-refractivity contribution is 6.30. The van der Waals surface area contributed by atoms with Gasteiger partial charge in [-0.05, 0) is 35.5 Å². The van der Waals surface area contributed by atoms with Crippen molar-refractivity contribution in [3.05, 3.63) is 39.8 Å². The quantitative estimate of drug-likeness (QED) is 0.725. The lowest BCUT2D eigenvalue weighted by molar-refractivity contribution is -0.118. The lowest BCUT2D eigenvalue weighted by Gasteiger charge is -2.33. The number of nitrogens with zero attached hydrogens (tertiary/aromatic N) is 6. The fourth-order valence-corrected chi connectivity index (χ4v) is 2.87. The van der Waals surface area contributed by atoms with Crippen LogP contribution < -0.4 is 5.69 Å². The number of rotatable bonds is 3. The second kappa shape index (κ2) is 7.16. The molecule has 0 bridgehead atoms. The number of amides is 1. The molecule has 9 nitrogen and oxygen atoms in total. The maximum Gasteiger partial charge on any atom is 0.377 e. The van der Waals surface area contributed by atoms with Crippen molar-refractivity contribution in [2.24, 2.45) is 0 Å². The van der Waals surface area contributed by atoms with Gasteiger partial charge >= 0.3 is 11.7 Å². The van der Waals surface area contributed by atoms with Gasteiger partial charge < -0.3 is 4.90 Å². The van der Waals surface area contributed by atoms with Crippen molar-refractivity contribution in [1.29, 1.82) is 0 Å². The number of piperazine rings is 1. The fourth-order valence-electron chi connectivity index (χ4n) is 2.68. The molecule has 2 heterocycles. The Balaban J connectivity index is 1.74. The van der Waals surface area contributed by atoms with E-state index in [0.717, 1.165) is 9.36 Å². The lowest BCUT2D eigenvalue weighted by Crippen LogP contribution is -2.52. The van der Waals surface area contributed by atoms with Crippen LogP contribution in [0.5, 0.6) is 0 Å². The molecule has 0 radical (unpaired) electrons. The van der Waals surface area contributed by atoms with E-state index in [0.29, 0.717) is 43.4 Å². The highest BCUT2D eigenvalue weighted by atomic mass is 35.5. The third-order valence-corrected chi connectivity index (χ3v) is 4.14. The van der Waals surface area contributed by atoms with Gasteiger partial charge in [0, 0.05) is 31.2 Å². The molecule has 1 aliphatic rings. The van der Waals surface area contributed by atoms with Crippen LogP contribution in [-0.4, -0.2) is 74.1 Å². The Morgan fingerprint density at radius 1 is 1.16 bits per heavy atom. The molecule has 1 saturated heterocycles. The number of carbonyl (C=O) groups is 2. The number of benzene rings is 1. The standard InChI is InChI=1S/C15H17ClN6O3/c1-11(23)10-19-5-7-20(8-6-19)14(24)22-15(25)21(17-18-22)13-4-2-3-12(16)9-13/h2-4,9H,5-8,10H2,1H3. The molecule has 1 aromatic heterocycles. The first-order valence-corrected chi connectivity index (χ1v) is 8.15. The van der Waals surface area contributed by atoms with Crippen LogP contribution in [0.15, 0.2) is 29.1 Å². The van der Waals surface area contributed by atoms with E-state index in [1.54, 1.807) is 24.3 Å². The first kappa shape index (κ1) is 17.3. The summed E-state index contributed by atoms with van der Waals surface area (Å²) < 4.78 is 1.76. The van der Waals surface area contributed by atoms with Crippen molar-refractivity contribution < 1.29 is 9.59 Å². The molecular formula is C15H17ClN6O3. The summed E-state index contributed by atoms with van der Waals surface area (Å²) in [5.41, 5.74) is -0.221. The number of hydrogen-bond acceptors (Lipinski definition) is 6. The third kappa shape index (κ3) is 3.77. The van der Waals surface area contributed by atoms with E-state index >= 15 is 0 Å². The zero-order valence-corrected chi connectivity index (χ0v) is 14.4. The number of tetrazole rings is 1. The van der Waals surface area contributed by atoms with Gasteiger partial charge in [-0.25, -0.2) is 9.59 Å². The van der Waals surface area contributed by atoms with E-state index in [-0.39, 0.29) is 5.78 Å². The average Bonchev–Trinajstić information content (AvgIpc) is 2.96. The normalized spacial score (nSPS) is 15.4. The second-order valence-electron chi connectivity index (χ2n) is 5.81. The number of hydrogen-bond donors (Lipinski definition) is 0. The summed E-state index contributed by atoms with van der Waals surface area (Å²) in [5, 5.41) is 7.88. The van der Waals surface area contributed by atoms with E-state index in [1.165, 1.54) is 11.8 Å². The van der Waals surface area contributed by atoms with Crippen LogP contribution in [0.25, 0.3) is 5.69 Å². The van der Waals surface area contributed by atoms with Crippen molar-refractivity contribution >= 4 is 23.4 Å². The predicted octanol–water partition coefficient (Wildman–Crippen LogP) is 0.257.